The Kier molecular flexibility index (Phi) is 4.43. The number of rotatable bonds is 1. The first kappa shape index (κ1) is 10.4. The maximum atomic E-state index is 10.8. The van der Waals surface area contributed by atoms with Crippen molar-refractivity contribution in [2.24, 2.45) is 4.99 Å². The van der Waals surface area contributed by atoms with Crippen LogP contribution in [0.4, 0.5) is 9.59 Å². The van der Waals surface area contributed by atoms with Crippen LogP contribution < -0.4 is 10.6 Å². The van der Waals surface area contributed by atoms with Gasteiger partial charge in [0.05, 0.1) is 0 Å². The molecule has 0 aromatic carbocycles. The zero-order valence-corrected chi connectivity index (χ0v) is 7.29. The molecule has 68 valence electrons. The molecule has 2 N–H and O–H groups in total. The van der Waals surface area contributed by atoms with Gasteiger partial charge >= 0.3 is 12.1 Å². The van der Waals surface area contributed by atoms with E-state index in [9.17, 15) is 9.59 Å². The van der Waals surface area contributed by atoms with Gasteiger partial charge in [-0.15, -0.1) is 0 Å². The SMILES string of the molecule is CNC(=O)NC=NC(=O)N(C)C. The standard InChI is InChI=1S/C6H12N4O2/c1-7-5(11)8-4-9-6(12)10(2)3/h4H,1-3H3,(H2,7,8,9,11,12). The van der Waals surface area contributed by atoms with Gasteiger partial charge in [0.15, 0.2) is 0 Å². The molecule has 0 radical (unpaired) electrons. The molecule has 0 aromatic rings. The summed E-state index contributed by atoms with van der Waals surface area (Å²) >= 11 is 0. The molecule has 6 heteroatoms. The fourth-order valence-corrected chi connectivity index (χ4v) is 0.334. The summed E-state index contributed by atoms with van der Waals surface area (Å²) in [5, 5.41) is 4.53. The van der Waals surface area contributed by atoms with E-state index in [4.69, 9.17) is 0 Å². The Hall–Kier alpha value is -1.59. The molecule has 4 amide bonds. The van der Waals surface area contributed by atoms with Crippen LogP contribution in [0, 0.1) is 0 Å². The molecule has 0 heterocycles. The van der Waals surface area contributed by atoms with E-state index in [2.05, 4.69) is 15.6 Å². The number of aliphatic imine (C=N–C) groups is 1. The van der Waals surface area contributed by atoms with Gasteiger partial charge in [-0.05, 0) is 0 Å². The molecule has 6 nitrogen and oxygen atoms in total. The third-order valence-corrected chi connectivity index (χ3v) is 0.980. The van der Waals surface area contributed by atoms with Crippen molar-refractivity contribution in [3.05, 3.63) is 0 Å². The van der Waals surface area contributed by atoms with Gasteiger partial charge in [0, 0.05) is 21.1 Å². The van der Waals surface area contributed by atoms with Crippen LogP contribution in [0.2, 0.25) is 0 Å². The topological polar surface area (TPSA) is 73.8 Å². The van der Waals surface area contributed by atoms with Crippen LogP contribution in [-0.2, 0) is 0 Å². The molecular formula is C6H12N4O2. The van der Waals surface area contributed by atoms with Crippen molar-refractivity contribution in [1.82, 2.24) is 15.5 Å². The van der Waals surface area contributed by atoms with Crippen molar-refractivity contribution in [2.45, 2.75) is 0 Å². The number of hydrogen-bond acceptors (Lipinski definition) is 2. The average Bonchev–Trinajstić information content (AvgIpc) is 2.03. The lowest BCUT2D eigenvalue weighted by atomic mass is 10.8. The highest BCUT2D eigenvalue weighted by Gasteiger charge is 1.97. The normalized spacial score (nSPS) is 9.58. The fraction of sp³-hybridized carbons (Fsp3) is 0.500. The largest absolute Gasteiger partial charge is 0.344 e. The summed E-state index contributed by atoms with van der Waals surface area (Å²) in [5.41, 5.74) is 0. The van der Waals surface area contributed by atoms with E-state index in [0.29, 0.717) is 0 Å². The van der Waals surface area contributed by atoms with Gasteiger partial charge in [0.25, 0.3) is 0 Å². The van der Waals surface area contributed by atoms with E-state index in [0.717, 1.165) is 6.34 Å². The van der Waals surface area contributed by atoms with Crippen molar-refractivity contribution in [3.8, 4) is 0 Å². The minimum Gasteiger partial charge on any atom is -0.341 e. The van der Waals surface area contributed by atoms with Crippen molar-refractivity contribution >= 4 is 18.4 Å². The molecular weight excluding hydrogens is 160 g/mol. The molecule has 0 aliphatic rings. The summed E-state index contributed by atoms with van der Waals surface area (Å²) < 4.78 is 0. The lowest BCUT2D eigenvalue weighted by Crippen LogP contribution is -2.32. The van der Waals surface area contributed by atoms with Gasteiger partial charge in [-0.1, -0.05) is 0 Å². The predicted octanol–water partition coefficient (Wildman–Crippen LogP) is -0.375. The van der Waals surface area contributed by atoms with Gasteiger partial charge in [0.2, 0.25) is 0 Å². The highest BCUT2D eigenvalue weighted by molar-refractivity contribution is 5.91. The van der Waals surface area contributed by atoms with Crippen LogP contribution >= 0.6 is 0 Å². The van der Waals surface area contributed by atoms with E-state index >= 15 is 0 Å². The number of carbonyl (C=O) groups is 2. The Labute approximate surface area is 70.6 Å². The smallest absolute Gasteiger partial charge is 0.341 e. The molecule has 0 bridgehead atoms. The second-order valence-electron chi connectivity index (χ2n) is 2.16. The monoisotopic (exact) mass is 172 g/mol. The maximum absolute atomic E-state index is 10.8. The van der Waals surface area contributed by atoms with E-state index in [1.807, 2.05) is 0 Å². The summed E-state index contributed by atoms with van der Waals surface area (Å²) in [5.74, 6) is 0. The average molecular weight is 172 g/mol. The molecule has 0 saturated heterocycles. The van der Waals surface area contributed by atoms with Gasteiger partial charge in [-0.2, -0.15) is 4.99 Å². The fourth-order valence-electron chi connectivity index (χ4n) is 0.334. The minimum atomic E-state index is -0.425. The highest BCUT2D eigenvalue weighted by atomic mass is 16.2. The molecule has 0 saturated carbocycles. The summed E-state index contributed by atoms with van der Waals surface area (Å²) in [4.78, 5) is 26.0. The first-order valence-electron chi connectivity index (χ1n) is 3.30. The van der Waals surface area contributed by atoms with Gasteiger partial charge in [-0.25, -0.2) is 9.59 Å². The van der Waals surface area contributed by atoms with E-state index in [-0.39, 0.29) is 0 Å². The molecule has 0 aromatic heterocycles. The third kappa shape index (κ3) is 4.26. The van der Waals surface area contributed by atoms with E-state index in [1.54, 1.807) is 14.1 Å². The number of carbonyl (C=O) groups excluding carboxylic acids is 2. The number of nitrogens with zero attached hydrogens (tertiary/aromatic N) is 2. The van der Waals surface area contributed by atoms with Crippen LogP contribution in [0.1, 0.15) is 0 Å². The summed E-state index contributed by atoms with van der Waals surface area (Å²) in [6, 6.07) is -0.836. The van der Waals surface area contributed by atoms with Crippen molar-refractivity contribution < 1.29 is 9.59 Å². The zero-order valence-electron chi connectivity index (χ0n) is 7.29. The van der Waals surface area contributed by atoms with Gasteiger partial charge in [-0.3, -0.25) is 5.32 Å². The molecule has 0 rings (SSSR count). The summed E-state index contributed by atoms with van der Waals surface area (Å²) in [6.07, 6.45) is 1.04. The van der Waals surface area contributed by atoms with Crippen LogP contribution in [0.5, 0.6) is 0 Å². The third-order valence-electron chi connectivity index (χ3n) is 0.980. The maximum Gasteiger partial charge on any atom is 0.344 e. The van der Waals surface area contributed by atoms with Crippen LogP contribution in [0.15, 0.2) is 4.99 Å². The molecule has 0 fully saturated rings. The first-order valence-corrected chi connectivity index (χ1v) is 3.30. The molecule has 0 spiro atoms. The number of hydrogen-bond donors (Lipinski definition) is 2. The Bertz CT molecular complexity index is 200. The van der Waals surface area contributed by atoms with Gasteiger partial charge < -0.3 is 10.2 Å². The number of amides is 4. The number of urea groups is 2. The highest BCUT2D eigenvalue weighted by Crippen LogP contribution is 1.80. The van der Waals surface area contributed by atoms with Crippen molar-refractivity contribution in [1.29, 1.82) is 0 Å². The quantitative estimate of drug-likeness (QED) is 0.418. The Balaban J connectivity index is 3.77. The number of nitrogens with one attached hydrogen (secondary N) is 2. The van der Waals surface area contributed by atoms with E-state index < -0.39 is 12.1 Å². The molecule has 12 heavy (non-hydrogen) atoms. The summed E-state index contributed by atoms with van der Waals surface area (Å²) in [7, 11) is 4.61. The second-order valence-corrected chi connectivity index (χ2v) is 2.16. The molecule has 0 aliphatic heterocycles. The van der Waals surface area contributed by atoms with Crippen LogP contribution in [-0.4, -0.2) is 44.4 Å². The van der Waals surface area contributed by atoms with Crippen molar-refractivity contribution in [3.63, 3.8) is 0 Å². The lowest BCUT2D eigenvalue weighted by molar-refractivity contribution is 0.227. The van der Waals surface area contributed by atoms with E-state index in [1.165, 1.54) is 11.9 Å². The van der Waals surface area contributed by atoms with Crippen LogP contribution in [0.25, 0.3) is 0 Å². The Morgan fingerprint density at radius 3 is 2.42 bits per heavy atom. The van der Waals surface area contributed by atoms with Gasteiger partial charge in [0.1, 0.15) is 6.34 Å². The predicted molar refractivity (Wildman–Crippen MR) is 45.2 cm³/mol. The Morgan fingerprint density at radius 2 is 2.00 bits per heavy atom. The minimum absolute atomic E-state index is 0.412. The summed E-state index contributed by atoms with van der Waals surface area (Å²) in [6.45, 7) is 0. The molecule has 0 unspecified atom stereocenters. The molecule has 0 aliphatic carbocycles. The molecule has 0 atom stereocenters. The Morgan fingerprint density at radius 1 is 1.42 bits per heavy atom. The lowest BCUT2D eigenvalue weighted by Gasteiger charge is -2.03. The van der Waals surface area contributed by atoms with Crippen LogP contribution in [0.3, 0.4) is 0 Å². The van der Waals surface area contributed by atoms with Crippen molar-refractivity contribution in [2.75, 3.05) is 21.1 Å². The second kappa shape index (κ2) is 5.11. The zero-order chi connectivity index (χ0) is 9.56. The first-order chi connectivity index (χ1) is 5.57.